The van der Waals surface area contributed by atoms with Crippen LogP contribution in [0.4, 0.5) is 22.7 Å². The summed E-state index contributed by atoms with van der Waals surface area (Å²) in [6, 6.07) is 83.3. The lowest BCUT2D eigenvalue weighted by atomic mass is 9.67. The van der Waals surface area contributed by atoms with E-state index in [0.29, 0.717) is 12.6 Å². The Morgan fingerprint density at radius 3 is 1.74 bits per heavy atom. The van der Waals surface area contributed by atoms with E-state index in [4.69, 9.17) is 9.72 Å². The Labute approximate surface area is 409 Å². The molecular formula is C65H50N4O. The van der Waals surface area contributed by atoms with E-state index in [0.717, 1.165) is 51.8 Å². The first-order valence-corrected chi connectivity index (χ1v) is 24.4. The van der Waals surface area contributed by atoms with Crippen molar-refractivity contribution in [2.45, 2.75) is 25.7 Å². The summed E-state index contributed by atoms with van der Waals surface area (Å²) >= 11 is 0. The second-order valence-electron chi connectivity index (χ2n) is 19.0. The van der Waals surface area contributed by atoms with Gasteiger partial charge in [-0.2, -0.15) is 0 Å². The quantitative estimate of drug-likeness (QED) is 0.129. The smallest absolute Gasteiger partial charge is 0.137 e. The molecule has 2 aliphatic rings. The number of ether oxygens (including phenoxy) is 1. The van der Waals surface area contributed by atoms with Gasteiger partial charge in [0.05, 0.1) is 33.5 Å². The Morgan fingerprint density at radius 2 is 1.09 bits per heavy atom. The van der Waals surface area contributed by atoms with Gasteiger partial charge in [0.25, 0.3) is 0 Å². The summed E-state index contributed by atoms with van der Waals surface area (Å²) in [5, 5.41) is 2.49. The SMILES string of the molecule is CC(C)Cc1ccnc(-n2c3cccc4c3c3c(cc(Oc5cccc(N6CN(c7c(-c8ccccc8)cccc7-c7ccccc7)c7ccccc76)c5)cc32)C4(c2ccccc2)c2ccccc2)c1. The van der Waals surface area contributed by atoms with Gasteiger partial charge in [-0.15, -0.1) is 0 Å². The molecule has 0 radical (unpaired) electrons. The monoisotopic (exact) mass is 902 g/mol. The first-order valence-electron chi connectivity index (χ1n) is 24.4. The van der Waals surface area contributed by atoms with Gasteiger partial charge in [-0.1, -0.05) is 184 Å². The summed E-state index contributed by atoms with van der Waals surface area (Å²) in [4.78, 5) is 9.95. The maximum atomic E-state index is 7.22. The number of pyridine rings is 1. The maximum absolute atomic E-state index is 7.22. The average molecular weight is 903 g/mol. The van der Waals surface area contributed by atoms with Crippen molar-refractivity contribution in [3.05, 3.63) is 265 Å². The average Bonchev–Trinajstić information content (AvgIpc) is 4.07. The number of hydrogen-bond acceptors (Lipinski definition) is 4. The van der Waals surface area contributed by atoms with Crippen LogP contribution in [0.25, 0.3) is 49.9 Å². The predicted molar refractivity (Wildman–Crippen MR) is 288 cm³/mol. The third kappa shape index (κ3) is 6.64. The van der Waals surface area contributed by atoms with Crippen LogP contribution in [0, 0.1) is 5.92 Å². The molecule has 2 aromatic heterocycles. The summed E-state index contributed by atoms with van der Waals surface area (Å²) in [6.45, 7) is 5.16. The molecule has 11 aromatic rings. The molecule has 70 heavy (non-hydrogen) atoms. The molecule has 3 heterocycles. The van der Waals surface area contributed by atoms with Gasteiger partial charge in [0.15, 0.2) is 0 Å². The topological polar surface area (TPSA) is 33.5 Å². The molecule has 5 nitrogen and oxygen atoms in total. The normalized spacial score (nSPS) is 13.5. The van der Waals surface area contributed by atoms with Gasteiger partial charge in [-0.3, -0.25) is 4.57 Å². The molecule has 0 fully saturated rings. The highest BCUT2D eigenvalue weighted by Gasteiger charge is 2.47. The van der Waals surface area contributed by atoms with E-state index in [9.17, 15) is 0 Å². The Hall–Kier alpha value is -8.67. The Morgan fingerprint density at radius 1 is 0.500 bits per heavy atom. The van der Waals surface area contributed by atoms with Crippen LogP contribution in [0.1, 0.15) is 41.7 Å². The van der Waals surface area contributed by atoms with Crippen LogP contribution in [0.2, 0.25) is 0 Å². The molecule has 0 saturated heterocycles. The number of fused-ring (bicyclic) bond motifs is 1. The van der Waals surface area contributed by atoms with Crippen molar-refractivity contribution in [1.29, 1.82) is 0 Å². The highest BCUT2D eigenvalue weighted by Crippen LogP contribution is 2.58. The third-order valence-corrected chi connectivity index (χ3v) is 14.4. The van der Waals surface area contributed by atoms with Crippen molar-refractivity contribution in [1.82, 2.24) is 9.55 Å². The number of para-hydroxylation sites is 3. The number of nitrogens with zero attached hydrogens (tertiary/aromatic N) is 4. The van der Waals surface area contributed by atoms with Gasteiger partial charge >= 0.3 is 0 Å². The van der Waals surface area contributed by atoms with Crippen molar-refractivity contribution in [2.24, 2.45) is 5.92 Å². The second-order valence-corrected chi connectivity index (χ2v) is 19.0. The van der Waals surface area contributed by atoms with Gasteiger partial charge in [-0.05, 0) is 99.8 Å². The molecule has 0 amide bonds. The molecular weight excluding hydrogens is 853 g/mol. The lowest BCUT2D eigenvalue weighted by molar-refractivity contribution is 0.482. The third-order valence-electron chi connectivity index (χ3n) is 14.4. The molecule has 9 aromatic carbocycles. The number of anilines is 4. The van der Waals surface area contributed by atoms with Crippen molar-refractivity contribution >= 4 is 44.6 Å². The van der Waals surface area contributed by atoms with Crippen LogP contribution >= 0.6 is 0 Å². The molecule has 0 saturated carbocycles. The van der Waals surface area contributed by atoms with Crippen molar-refractivity contribution in [3.8, 4) is 39.6 Å². The minimum atomic E-state index is -0.588. The van der Waals surface area contributed by atoms with Crippen LogP contribution in [-0.4, -0.2) is 16.2 Å². The number of rotatable bonds is 11. The zero-order valence-electron chi connectivity index (χ0n) is 39.2. The predicted octanol–water partition coefficient (Wildman–Crippen LogP) is 16.4. The van der Waals surface area contributed by atoms with Crippen LogP contribution in [0.5, 0.6) is 11.5 Å². The number of aromatic nitrogens is 2. The molecule has 0 N–H and O–H groups in total. The van der Waals surface area contributed by atoms with Crippen LogP contribution < -0.4 is 14.5 Å². The highest BCUT2D eigenvalue weighted by molar-refractivity contribution is 6.18. The van der Waals surface area contributed by atoms with Gasteiger partial charge < -0.3 is 14.5 Å². The molecule has 5 heteroatoms. The van der Waals surface area contributed by atoms with Crippen LogP contribution in [-0.2, 0) is 11.8 Å². The van der Waals surface area contributed by atoms with Crippen LogP contribution in [0.3, 0.4) is 0 Å². The van der Waals surface area contributed by atoms with E-state index in [-0.39, 0.29) is 0 Å². The fraction of sp³-hybridized carbons (Fsp3) is 0.0923. The molecule has 0 bridgehead atoms. The summed E-state index contributed by atoms with van der Waals surface area (Å²) in [5.41, 5.74) is 17.0. The van der Waals surface area contributed by atoms with Crippen molar-refractivity contribution in [3.63, 3.8) is 0 Å². The van der Waals surface area contributed by atoms with Gasteiger partial charge in [-0.25, -0.2) is 4.98 Å². The van der Waals surface area contributed by atoms with E-state index in [2.05, 4.69) is 259 Å². The van der Waals surface area contributed by atoms with Crippen LogP contribution in [0.15, 0.2) is 237 Å². The molecule has 1 aliphatic heterocycles. The number of benzene rings is 9. The maximum Gasteiger partial charge on any atom is 0.137 e. The van der Waals surface area contributed by atoms with Crippen molar-refractivity contribution in [2.75, 3.05) is 16.5 Å². The Balaban J connectivity index is 0.960. The summed E-state index contributed by atoms with van der Waals surface area (Å²) < 4.78 is 9.58. The first kappa shape index (κ1) is 41.5. The fourth-order valence-electron chi connectivity index (χ4n) is 11.6. The highest BCUT2D eigenvalue weighted by atomic mass is 16.5. The van der Waals surface area contributed by atoms with Crippen molar-refractivity contribution < 1.29 is 4.74 Å². The fourth-order valence-corrected chi connectivity index (χ4v) is 11.6. The lowest BCUT2D eigenvalue weighted by Crippen LogP contribution is -2.29. The summed E-state index contributed by atoms with van der Waals surface area (Å²) in [5.74, 6) is 2.96. The molecule has 13 rings (SSSR count). The largest absolute Gasteiger partial charge is 0.457 e. The Kier molecular flexibility index (Phi) is 9.98. The Bertz CT molecular complexity index is 3640. The zero-order valence-corrected chi connectivity index (χ0v) is 39.2. The number of hydrogen-bond donors (Lipinski definition) is 0. The summed E-state index contributed by atoms with van der Waals surface area (Å²) in [7, 11) is 0. The molecule has 0 unspecified atom stereocenters. The standard InChI is InChI=1S/C65H50N4O/c1-44(2)38-45-36-37-66-61(39-45)69-59-35-19-32-55-62(59)63-56(65(55,48-24-11-5-12-25-48)49-26-13-6-14-27-49)41-52(42-60(63)69)70-51-29-17-28-50(40-51)67-43-68(58-34-16-15-33-57(58)67)64-53(46-20-7-3-8-21-46)30-18-31-54(64)47-22-9-4-10-23-47/h3-37,39-42,44H,38,43H2,1-2H3. The van der Waals surface area contributed by atoms with E-state index < -0.39 is 5.41 Å². The minimum Gasteiger partial charge on any atom is -0.457 e. The van der Waals surface area contributed by atoms with Gasteiger partial charge in [0, 0.05) is 45.9 Å². The van der Waals surface area contributed by atoms with E-state index in [1.165, 1.54) is 66.5 Å². The molecule has 1 aliphatic carbocycles. The van der Waals surface area contributed by atoms with Gasteiger partial charge in [0.1, 0.15) is 24.0 Å². The lowest BCUT2D eigenvalue weighted by Gasteiger charge is -2.35. The molecule has 0 spiro atoms. The van der Waals surface area contributed by atoms with E-state index in [1.807, 2.05) is 6.20 Å². The second kappa shape index (κ2) is 16.8. The molecule has 336 valence electrons. The summed E-state index contributed by atoms with van der Waals surface area (Å²) in [6.07, 6.45) is 2.94. The minimum absolute atomic E-state index is 0.521. The molecule has 0 atom stereocenters. The zero-order chi connectivity index (χ0) is 46.8. The first-order chi connectivity index (χ1) is 34.5. The van der Waals surface area contributed by atoms with E-state index in [1.54, 1.807) is 0 Å². The van der Waals surface area contributed by atoms with Gasteiger partial charge in [0.2, 0.25) is 0 Å². The van der Waals surface area contributed by atoms with E-state index >= 15 is 0 Å².